The molecule has 0 saturated carbocycles. The van der Waals surface area contributed by atoms with Crippen LogP contribution >= 0.6 is 0 Å². The van der Waals surface area contributed by atoms with E-state index in [0.717, 1.165) is 4.90 Å². The predicted octanol–water partition coefficient (Wildman–Crippen LogP) is 3.16. The van der Waals surface area contributed by atoms with Gasteiger partial charge >= 0.3 is 12.6 Å². The zero-order valence-electron chi connectivity index (χ0n) is 14.6. The fraction of sp³-hybridized carbons (Fsp3) is 0.222. The molecule has 1 aliphatic heterocycles. The summed E-state index contributed by atoms with van der Waals surface area (Å²) in [5, 5.41) is 13.3. The van der Waals surface area contributed by atoms with E-state index in [4.69, 9.17) is 0 Å². The Morgan fingerprint density at radius 2 is 1.75 bits per heavy atom. The van der Waals surface area contributed by atoms with Gasteiger partial charge in [-0.2, -0.15) is 8.78 Å². The van der Waals surface area contributed by atoms with E-state index in [9.17, 15) is 28.5 Å². The molecular formula is C18H15F2N3O5. The van der Waals surface area contributed by atoms with Crippen LogP contribution in [-0.4, -0.2) is 28.4 Å². The number of alkyl halides is 2. The Morgan fingerprint density at radius 1 is 1.14 bits per heavy atom. The van der Waals surface area contributed by atoms with E-state index in [1.165, 1.54) is 55.5 Å². The number of non-ortho nitro benzene ring substituents is 1. The number of halogens is 2. The highest BCUT2D eigenvalue weighted by molar-refractivity contribution is 6.07. The molecule has 1 atom stereocenters. The summed E-state index contributed by atoms with van der Waals surface area (Å²) in [6.07, 6.45) is 0. The molecule has 10 heteroatoms. The third kappa shape index (κ3) is 3.61. The lowest BCUT2D eigenvalue weighted by Crippen LogP contribution is -2.40. The number of imide groups is 1. The molecule has 0 unspecified atom stereocenters. The van der Waals surface area contributed by atoms with Gasteiger partial charge in [-0.3, -0.25) is 19.8 Å². The summed E-state index contributed by atoms with van der Waals surface area (Å²) < 4.78 is 28.8. The number of nitrogens with zero attached hydrogens (tertiary/aromatic N) is 2. The number of carbonyl (C=O) groups excluding carboxylic acids is 2. The Balaban J connectivity index is 1.79. The van der Waals surface area contributed by atoms with E-state index >= 15 is 0 Å². The second-order valence-electron chi connectivity index (χ2n) is 6.27. The van der Waals surface area contributed by atoms with Crippen molar-refractivity contribution < 1.29 is 28.0 Å². The van der Waals surface area contributed by atoms with Gasteiger partial charge in [0.15, 0.2) is 0 Å². The topological polar surface area (TPSA) is 102 Å². The van der Waals surface area contributed by atoms with Gasteiger partial charge in [0.25, 0.3) is 11.6 Å². The first-order valence-corrected chi connectivity index (χ1v) is 8.13. The lowest BCUT2D eigenvalue weighted by atomic mass is 9.92. The van der Waals surface area contributed by atoms with Crippen LogP contribution in [-0.2, 0) is 16.9 Å². The Labute approximate surface area is 157 Å². The molecule has 0 bridgehead atoms. The van der Waals surface area contributed by atoms with Crippen molar-refractivity contribution in [3.05, 3.63) is 69.8 Å². The van der Waals surface area contributed by atoms with Crippen LogP contribution in [0.4, 0.5) is 19.3 Å². The zero-order chi connectivity index (χ0) is 20.5. The maximum Gasteiger partial charge on any atom is 0.387 e. The average Bonchev–Trinajstić information content (AvgIpc) is 2.86. The van der Waals surface area contributed by atoms with Crippen molar-refractivity contribution in [2.24, 2.45) is 0 Å². The Kier molecular flexibility index (Phi) is 4.95. The first-order valence-electron chi connectivity index (χ1n) is 8.13. The lowest BCUT2D eigenvalue weighted by molar-refractivity contribution is -0.384. The minimum atomic E-state index is -2.97. The number of nitro groups is 1. The highest BCUT2D eigenvalue weighted by Gasteiger charge is 2.48. The largest absolute Gasteiger partial charge is 0.435 e. The monoisotopic (exact) mass is 391 g/mol. The predicted molar refractivity (Wildman–Crippen MR) is 92.6 cm³/mol. The maximum absolute atomic E-state index is 12.9. The van der Waals surface area contributed by atoms with Gasteiger partial charge in [0.1, 0.15) is 11.3 Å². The van der Waals surface area contributed by atoms with Crippen molar-refractivity contribution in [2.45, 2.75) is 25.6 Å². The Morgan fingerprint density at radius 3 is 2.29 bits per heavy atom. The van der Waals surface area contributed by atoms with Gasteiger partial charge < -0.3 is 10.1 Å². The molecule has 146 valence electrons. The van der Waals surface area contributed by atoms with Gasteiger partial charge in [0, 0.05) is 12.1 Å². The minimum Gasteiger partial charge on any atom is -0.435 e. The standard InChI is InChI=1S/C18H15F2N3O5/c1-18(12-4-8-14(9-5-12)28-16(19)20)15(24)22(17(25)21-18)10-11-2-6-13(7-3-11)23(26)27/h2-9,16H,10H2,1H3,(H,21,25)/t18-/m1/s1. The van der Waals surface area contributed by atoms with E-state index in [-0.39, 0.29) is 18.0 Å². The molecule has 0 aromatic heterocycles. The van der Waals surface area contributed by atoms with Crippen molar-refractivity contribution in [1.29, 1.82) is 0 Å². The minimum absolute atomic E-state index is 0.0647. The van der Waals surface area contributed by atoms with Crippen LogP contribution in [0.5, 0.6) is 5.75 Å². The van der Waals surface area contributed by atoms with E-state index in [0.29, 0.717) is 11.1 Å². The molecule has 0 radical (unpaired) electrons. The first kappa shape index (κ1) is 19.2. The molecule has 1 N–H and O–H groups in total. The molecule has 1 aliphatic rings. The summed E-state index contributed by atoms with van der Waals surface area (Å²) in [5.74, 6) is -0.597. The molecule has 8 nitrogen and oxygen atoms in total. The number of benzene rings is 2. The number of nitro benzene ring substituents is 1. The lowest BCUT2D eigenvalue weighted by Gasteiger charge is -2.22. The number of urea groups is 1. The maximum atomic E-state index is 12.9. The summed E-state index contributed by atoms with van der Waals surface area (Å²) >= 11 is 0. The number of amides is 3. The fourth-order valence-electron chi connectivity index (χ4n) is 2.91. The third-order valence-electron chi connectivity index (χ3n) is 4.42. The number of hydrogen-bond donors (Lipinski definition) is 1. The van der Waals surface area contributed by atoms with Gasteiger partial charge in [-0.25, -0.2) is 4.79 Å². The molecule has 28 heavy (non-hydrogen) atoms. The van der Waals surface area contributed by atoms with Crippen LogP contribution in [0.1, 0.15) is 18.1 Å². The fourth-order valence-corrected chi connectivity index (χ4v) is 2.91. The molecular weight excluding hydrogens is 376 g/mol. The molecule has 3 amide bonds. The van der Waals surface area contributed by atoms with Gasteiger partial charge in [-0.15, -0.1) is 0 Å². The second-order valence-corrected chi connectivity index (χ2v) is 6.27. The number of carbonyl (C=O) groups is 2. The molecule has 2 aromatic carbocycles. The normalized spacial score (nSPS) is 19.1. The van der Waals surface area contributed by atoms with Crippen LogP contribution in [0.3, 0.4) is 0 Å². The van der Waals surface area contributed by atoms with E-state index in [1.54, 1.807) is 0 Å². The van der Waals surface area contributed by atoms with Gasteiger partial charge in [0.2, 0.25) is 0 Å². The van der Waals surface area contributed by atoms with Crippen molar-refractivity contribution in [1.82, 2.24) is 10.2 Å². The number of hydrogen-bond acceptors (Lipinski definition) is 5. The molecule has 2 aromatic rings. The van der Waals surface area contributed by atoms with Crippen molar-refractivity contribution in [2.75, 3.05) is 0 Å². The Bertz CT molecular complexity index is 918. The zero-order valence-corrected chi connectivity index (χ0v) is 14.6. The molecule has 0 aliphatic carbocycles. The van der Waals surface area contributed by atoms with Crippen molar-refractivity contribution in [3.63, 3.8) is 0 Å². The SMILES string of the molecule is C[C@]1(c2ccc(OC(F)F)cc2)NC(=O)N(Cc2ccc([N+](=O)[O-])cc2)C1=O. The smallest absolute Gasteiger partial charge is 0.387 e. The molecule has 1 heterocycles. The molecule has 1 saturated heterocycles. The summed E-state index contributed by atoms with van der Waals surface area (Å²) in [5.41, 5.74) is -0.532. The number of rotatable bonds is 6. The first-order chi connectivity index (χ1) is 13.2. The molecule has 3 rings (SSSR count). The summed E-state index contributed by atoms with van der Waals surface area (Å²) in [6.45, 7) is -1.52. The highest BCUT2D eigenvalue weighted by Crippen LogP contribution is 2.31. The van der Waals surface area contributed by atoms with Gasteiger partial charge in [0.05, 0.1) is 11.5 Å². The van der Waals surface area contributed by atoms with E-state index < -0.39 is 29.0 Å². The second kappa shape index (κ2) is 7.22. The molecule has 1 fully saturated rings. The molecule has 0 spiro atoms. The van der Waals surface area contributed by atoms with Gasteiger partial charge in [-0.05, 0) is 30.2 Å². The van der Waals surface area contributed by atoms with E-state index in [2.05, 4.69) is 10.1 Å². The van der Waals surface area contributed by atoms with Gasteiger partial charge in [-0.1, -0.05) is 24.3 Å². The summed E-state index contributed by atoms with van der Waals surface area (Å²) in [7, 11) is 0. The summed E-state index contributed by atoms with van der Waals surface area (Å²) in [6, 6.07) is 10.3. The quantitative estimate of drug-likeness (QED) is 0.463. The average molecular weight is 391 g/mol. The van der Waals surface area contributed by atoms with Crippen LogP contribution in [0.15, 0.2) is 48.5 Å². The van der Waals surface area contributed by atoms with Crippen LogP contribution in [0.25, 0.3) is 0 Å². The number of ether oxygens (including phenoxy) is 1. The Hall–Kier alpha value is -3.56. The third-order valence-corrected chi connectivity index (χ3v) is 4.42. The highest BCUT2D eigenvalue weighted by atomic mass is 19.3. The van der Waals surface area contributed by atoms with Crippen molar-refractivity contribution in [3.8, 4) is 5.75 Å². The number of nitrogens with one attached hydrogen (secondary N) is 1. The van der Waals surface area contributed by atoms with Crippen molar-refractivity contribution >= 4 is 17.6 Å². The van der Waals surface area contributed by atoms with Crippen LogP contribution in [0, 0.1) is 10.1 Å². The van der Waals surface area contributed by atoms with E-state index in [1.807, 2.05) is 0 Å². The summed E-state index contributed by atoms with van der Waals surface area (Å²) in [4.78, 5) is 36.3. The van der Waals surface area contributed by atoms with Crippen LogP contribution in [0.2, 0.25) is 0 Å². The van der Waals surface area contributed by atoms with Crippen LogP contribution < -0.4 is 10.1 Å².